The first-order chi connectivity index (χ1) is 15.1. The number of nitrogens with zero attached hydrogens (tertiary/aromatic N) is 4. The van der Waals surface area contributed by atoms with E-state index in [2.05, 4.69) is 49.2 Å². The molecule has 2 aromatic heterocycles. The molecule has 0 N–H and O–H groups in total. The highest BCUT2D eigenvalue weighted by molar-refractivity contribution is 7.19. The number of rotatable bonds is 5. The fourth-order valence-corrected chi connectivity index (χ4v) is 6.01. The van der Waals surface area contributed by atoms with Crippen LogP contribution in [0, 0.1) is 0 Å². The zero-order chi connectivity index (χ0) is 21.4. The number of morpholine rings is 1. The van der Waals surface area contributed by atoms with Crippen LogP contribution in [0.25, 0.3) is 10.1 Å². The van der Waals surface area contributed by atoms with Gasteiger partial charge in [0.15, 0.2) is 5.69 Å². The highest BCUT2D eigenvalue weighted by Crippen LogP contribution is 2.31. The van der Waals surface area contributed by atoms with Crippen molar-refractivity contribution >= 4 is 27.3 Å². The maximum atomic E-state index is 13.3. The van der Waals surface area contributed by atoms with Crippen LogP contribution in [0.1, 0.15) is 40.0 Å². The van der Waals surface area contributed by atoms with Crippen molar-refractivity contribution in [3.63, 3.8) is 0 Å². The van der Waals surface area contributed by atoms with E-state index in [1.165, 1.54) is 20.7 Å². The molecule has 2 aliphatic rings. The van der Waals surface area contributed by atoms with Crippen LogP contribution < -0.4 is 0 Å². The lowest BCUT2D eigenvalue weighted by Crippen LogP contribution is -2.42. The zero-order valence-corrected chi connectivity index (χ0v) is 19.2. The molecule has 1 aliphatic heterocycles. The first kappa shape index (κ1) is 20.7. The number of aromatic nitrogens is 2. The number of fused-ring (bicyclic) bond motifs is 2. The summed E-state index contributed by atoms with van der Waals surface area (Å²) < 4.78 is 8.82. The normalized spacial score (nSPS) is 19.2. The third kappa shape index (κ3) is 4.02. The standard InChI is InChI=1S/C24H30N4O2S/c1-3-28-21-9-8-18(26(2)16-19-14-17-6-4-5-7-22(17)31-19)15-20(21)23(25-28)24(29)27-10-12-30-13-11-27/h4-7,14,18H,3,8-13,15-16H2,1-2H3. The second kappa shape index (κ2) is 8.73. The zero-order valence-electron chi connectivity index (χ0n) is 18.3. The van der Waals surface area contributed by atoms with Gasteiger partial charge in [-0.15, -0.1) is 11.3 Å². The largest absolute Gasteiger partial charge is 0.378 e. The highest BCUT2D eigenvalue weighted by Gasteiger charge is 2.32. The lowest BCUT2D eigenvalue weighted by Gasteiger charge is -2.32. The van der Waals surface area contributed by atoms with E-state index in [4.69, 9.17) is 9.84 Å². The summed E-state index contributed by atoms with van der Waals surface area (Å²) in [6, 6.07) is 11.3. The van der Waals surface area contributed by atoms with Crippen molar-refractivity contribution in [3.05, 3.63) is 52.2 Å². The minimum Gasteiger partial charge on any atom is -0.378 e. The third-order valence-corrected chi connectivity index (χ3v) is 7.73. The van der Waals surface area contributed by atoms with Gasteiger partial charge in [0.2, 0.25) is 0 Å². The predicted octanol–water partition coefficient (Wildman–Crippen LogP) is 3.58. The number of amides is 1. The minimum atomic E-state index is 0.0690. The lowest BCUT2D eigenvalue weighted by molar-refractivity contribution is 0.0297. The molecule has 164 valence electrons. The number of benzene rings is 1. The van der Waals surface area contributed by atoms with E-state index < -0.39 is 0 Å². The first-order valence-electron chi connectivity index (χ1n) is 11.3. The van der Waals surface area contributed by atoms with Crippen LogP contribution in [0.2, 0.25) is 0 Å². The molecule has 7 heteroatoms. The van der Waals surface area contributed by atoms with Gasteiger partial charge in [0.1, 0.15) is 0 Å². The van der Waals surface area contributed by atoms with Gasteiger partial charge in [0.05, 0.1) is 13.2 Å². The number of carbonyl (C=O) groups excluding carboxylic acids is 1. The summed E-state index contributed by atoms with van der Waals surface area (Å²) in [4.78, 5) is 19.0. The molecular weight excluding hydrogens is 408 g/mol. The van der Waals surface area contributed by atoms with Gasteiger partial charge in [-0.05, 0) is 50.8 Å². The van der Waals surface area contributed by atoms with Crippen molar-refractivity contribution in [3.8, 4) is 0 Å². The molecule has 0 spiro atoms. The quantitative estimate of drug-likeness (QED) is 0.611. The Kier molecular flexibility index (Phi) is 5.82. The molecule has 1 aromatic carbocycles. The molecule has 5 rings (SSSR count). The molecule has 1 unspecified atom stereocenters. The van der Waals surface area contributed by atoms with Gasteiger partial charge in [-0.25, -0.2) is 0 Å². The molecule has 31 heavy (non-hydrogen) atoms. The van der Waals surface area contributed by atoms with Gasteiger partial charge < -0.3 is 9.64 Å². The predicted molar refractivity (Wildman–Crippen MR) is 124 cm³/mol. The second-order valence-electron chi connectivity index (χ2n) is 8.56. The summed E-state index contributed by atoms with van der Waals surface area (Å²) >= 11 is 1.88. The van der Waals surface area contributed by atoms with Gasteiger partial charge >= 0.3 is 0 Å². The van der Waals surface area contributed by atoms with Crippen molar-refractivity contribution < 1.29 is 9.53 Å². The number of aryl methyl sites for hydroxylation is 1. The molecule has 0 radical (unpaired) electrons. The molecular formula is C24H30N4O2S. The minimum absolute atomic E-state index is 0.0690. The third-order valence-electron chi connectivity index (χ3n) is 6.63. The first-order valence-corrected chi connectivity index (χ1v) is 12.1. The van der Waals surface area contributed by atoms with Crippen LogP contribution in [-0.2, 0) is 30.7 Å². The van der Waals surface area contributed by atoms with E-state index in [-0.39, 0.29) is 5.91 Å². The Bertz CT molecular complexity index is 1050. The summed E-state index contributed by atoms with van der Waals surface area (Å²) in [5.41, 5.74) is 3.09. The highest BCUT2D eigenvalue weighted by atomic mass is 32.1. The molecule has 3 aromatic rings. The van der Waals surface area contributed by atoms with Crippen molar-refractivity contribution in [2.45, 2.75) is 45.3 Å². The second-order valence-corrected chi connectivity index (χ2v) is 9.72. The smallest absolute Gasteiger partial charge is 0.274 e. The van der Waals surface area contributed by atoms with Crippen molar-refractivity contribution in [2.24, 2.45) is 0 Å². The average molecular weight is 439 g/mol. The molecule has 1 amide bonds. The van der Waals surface area contributed by atoms with Crippen LogP contribution >= 0.6 is 11.3 Å². The topological polar surface area (TPSA) is 50.6 Å². The Morgan fingerprint density at radius 3 is 2.87 bits per heavy atom. The Balaban J connectivity index is 1.35. The van der Waals surface area contributed by atoms with Gasteiger partial charge in [0.25, 0.3) is 5.91 Å². The Hall–Kier alpha value is -2.22. The molecule has 6 nitrogen and oxygen atoms in total. The van der Waals surface area contributed by atoms with Crippen LogP contribution in [0.15, 0.2) is 30.3 Å². The lowest BCUT2D eigenvalue weighted by atomic mass is 9.90. The number of carbonyl (C=O) groups is 1. The van der Waals surface area contributed by atoms with E-state index in [9.17, 15) is 4.79 Å². The summed E-state index contributed by atoms with van der Waals surface area (Å²) in [6.07, 6.45) is 2.97. The summed E-state index contributed by atoms with van der Waals surface area (Å²) in [5.74, 6) is 0.0690. The van der Waals surface area contributed by atoms with Crippen LogP contribution in [0.5, 0.6) is 0 Å². The maximum absolute atomic E-state index is 13.3. The number of likely N-dealkylation sites (N-methyl/N-ethyl adjacent to an activating group) is 1. The van der Waals surface area contributed by atoms with Gasteiger partial charge in [-0.1, -0.05) is 18.2 Å². The van der Waals surface area contributed by atoms with Crippen molar-refractivity contribution in [2.75, 3.05) is 33.4 Å². The Morgan fingerprint density at radius 2 is 2.10 bits per heavy atom. The molecule has 1 aliphatic carbocycles. The van der Waals surface area contributed by atoms with Crippen molar-refractivity contribution in [1.82, 2.24) is 19.6 Å². The van der Waals surface area contributed by atoms with Crippen LogP contribution in [0.3, 0.4) is 0 Å². The molecule has 3 heterocycles. The van der Waals surface area contributed by atoms with E-state index in [1.54, 1.807) is 0 Å². The van der Waals surface area contributed by atoms with Gasteiger partial charge in [-0.2, -0.15) is 5.10 Å². The monoisotopic (exact) mass is 438 g/mol. The van der Waals surface area contributed by atoms with Crippen LogP contribution in [-0.4, -0.2) is 64.9 Å². The fraction of sp³-hybridized carbons (Fsp3) is 0.500. The van der Waals surface area contributed by atoms with E-state index in [0.717, 1.165) is 37.9 Å². The van der Waals surface area contributed by atoms with Gasteiger partial charge in [0, 0.05) is 53.1 Å². The molecule has 1 atom stereocenters. The molecule has 1 saturated heterocycles. The number of ether oxygens (including phenoxy) is 1. The summed E-state index contributed by atoms with van der Waals surface area (Å²) in [5, 5.41) is 6.08. The fourth-order valence-electron chi connectivity index (χ4n) is 4.88. The molecule has 1 fully saturated rings. The molecule has 0 saturated carbocycles. The average Bonchev–Trinajstić information content (AvgIpc) is 3.39. The SMILES string of the molecule is CCn1nc(C(=O)N2CCOCC2)c2c1CCC(N(C)Cc1cc3ccccc3s1)C2. The van der Waals surface area contributed by atoms with E-state index in [1.807, 2.05) is 20.9 Å². The maximum Gasteiger partial charge on any atom is 0.274 e. The van der Waals surface area contributed by atoms with Gasteiger partial charge in [-0.3, -0.25) is 14.4 Å². The van der Waals surface area contributed by atoms with E-state index in [0.29, 0.717) is 38.0 Å². The van der Waals surface area contributed by atoms with Crippen LogP contribution in [0.4, 0.5) is 0 Å². The summed E-state index contributed by atoms with van der Waals surface area (Å²) in [7, 11) is 2.22. The number of thiophene rings is 1. The summed E-state index contributed by atoms with van der Waals surface area (Å²) in [6.45, 7) is 6.39. The van der Waals surface area contributed by atoms with E-state index >= 15 is 0 Å². The number of hydrogen-bond acceptors (Lipinski definition) is 5. The molecule has 0 bridgehead atoms. The van der Waals surface area contributed by atoms with Crippen molar-refractivity contribution in [1.29, 1.82) is 0 Å². The number of hydrogen-bond donors (Lipinski definition) is 0. The Morgan fingerprint density at radius 1 is 1.29 bits per heavy atom. The Labute approximate surface area is 187 Å².